The number of fused-ring (bicyclic) bond motifs is 3. The molecule has 300 valence electrons. The van der Waals surface area contributed by atoms with Crippen molar-refractivity contribution in [3.05, 3.63) is 143 Å². The fourth-order valence-electron chi connectivity index (χ4n) is 7.90. The number of aromatic nitrogens is 1. The molecule has 5 amide bonds. The molecule has 0 saturated carbocycles. The second-order valence-corrected chi connectivity index (χ2v) is 15.0. The summed E-state index contributed by atoms with van der Waals surface area (Å²) in [5, 5.41) is 9.92. The van der Waals surface area contributed by atoms with Crippen LogP contribution in [0.4, 0.5) is 4.79 Å². The van der Waals surface area contributed by atoms with Gasteiger partial charge in [-0.25, -0.2) is 4.79 Å². The van der Waals surface area contributed by atoms with Crippen molar-refractivity contribution in [1.82, 2.24) is 30.7 Å². The van der Waals surface area contributed by atoms with E-state index in [0.717, 1.165) is 33.3 Å². The quantitative estimate of drug-likeness (QED) is 0.103. The number of rotatable bonds is 14. The van der Waals surface area contributed by atoms with Gasteiger partial charge < -0.3 is 35.5 Å². The Kier molecular flexibility index (Phi) is 13.1. The Morgan fingerprint density at radius 3 is 2.16 bits per heavy atom. The number of nitrogens with one attached hydrogen (secondary N) is 4. The van der Waals surface area contributed by atoms with Crippen molar-refractivity contribution < 1.29 is 28.7 Å². The fraction of sp³-hybridized carbons (Fsp3) is 0.326. The third kappa shape index (κ3) is 9.92. The molecule has 4 aromatic carbocycles. The Balaban J connectivity index is 1.06. The van der Waals surface area contributed by atoms with Crippen LogP contribution < -0.4 is 16.0 Å². The molecule has 2 aliphatic rings. The second kappa shape index (κ2) is 19.1. The van der Waals surface area contributed by atoms with Crippen LogP contribution in [0.5, 0.6) is 0 Å². The molecule has 3 heterocycles. The van der Waals surface area contributed by atoms with Gasteiger partial charge in [0.1, 0.15) is 18.7 Å². The van der Waals surface area contributed by atoms with Gasteiger partial charge in [-0.3, -0.25) is 19.2 Å². The summed E-state index contributed by atoms with van der Waals surface area (Å²) in [7, 11) is 0. The van der Waals surface area contributed by atoms with Crippen LogP contribution in [0.2, 0.25) is 0 Å². The van der Waals surface area contributed by atoms with E-state index in [0.29, 0.717) is 57.3 Å². The molecule has 4 N–H and O–H groups in total. The van der Waals surface area contributed by atoms with E-state index in [4.69, 9.17) is 4.74 Å². The van der Waals surface area contributed by atoms with Crippen LogP contribution in [0.15, 0.2) is 115 Å². The summed E-state index contributed by atoms with van der Waals surface area (Å²) in [6, 6.07) is 34.3. The molecule has 12 nitrogen and oxygen atoms in total. The number of aromatic amines is 1. The summed E-state index contributed by atoms with van der Waals surface area (Å²) in [5.74, 6) is -1.29. The molecule has 12 heteroatoms. The van der Waals surface area contributed by atoms with E-state index >= 15 is 0 Å². The smallest absolute Gasteiger partial charge is 0.407 e. The van der Waals surface area contributed by atoms with Crippen LogP contribution >= 0.6 is 0 Å². The van der Waals surface area contributed by atoms with E-state index in [1.165, 1.54) is 0 Å². The van der Waals surface area contributed by atoms with Crippen molar-refractivity contribution in [3.63, 3.8) is 0 Å². The molecule has 0 bridgehead atoms. The van der Waals surface area contributed by atoms with E-state index in [2.05, 4.69) is 20.9 Å². The molecule has 0 unspecified atom stereocenters. The SMILES string of the molecule is O=C(NCCCC[C@@H](C(=O)NCc1ccccc1)N1Cc2[nH]c3ccccc3c2C[C@@H](NC(=O)C2CCN(C(=O)c3ccccc3)CC2)C1=O)OCc1ccccc1. The molecular weight excluding hydrogens is 733 g/mol. The molecule has 0 spiro atoms. The number of para-hydroxylation sites is 1. The molecular formula is C46H50N6O6. The number of unbranched alkanes of at least 4 members (excludes halogenated alkanes) is 1. The largest absolute Gasteiger partial charge is 0.445 e. The van der Waals surface area contributed by atoms with E-state index in [1.807, 2.05) is 103 Å². The van der Waals surface area contributed by atoms with Crippen molar-refractivity contribution in [2.24, 2.45) is 5.92 Å². The van der Waals surface area contributed by atoms with Crippen LogP contribution in [0.3, 0.4) is 0 Å². The number of likely N-dealkylation sites (tertiary alicyclic amines) is 1. The van der Waals surface area contributed by atoms with Gasteiger partial charge in [0, 0.05) is 60.7 Å². The van der Waals surface area contributed by atoms with Crippen molar-refractivity contribution in [2.45, 2.75) is 70.3 Å². The van der Waals surface area contributed by atoms with Crippen molar-refractivity contribution in [2.75, 3.05) is 19.6 Å². The molecule has 2 aliphatic heterocycles. The average molecular weight is 783 g/mol. The number of hydrogen-bond acceptors (Lipinski definition) is 6. The van der Waals surface area contributed by atoms with Crippen LogP contribution in [0.1, 0.15) is 64.8 Å². The maximum Gasteiger partial charge on any atom is 0.407 e. The number of carbonyl (C=O) groups excluding carboxylic acids is 5. The zero-order chi connectivity index (χ0) is 40.3. The van der Waals surface area contributed by atoms with Gasteiger partial charge >= 0.3 is 6.09 Å². The Labute approximate surface area is 338 Å². The summed E-state index contributed by atoms with van der Waals surface area (Å²) < 4.78 is 5.35. The predicted octanol–water partition coefficient (Wildman–Crippen LogP) is 5.87. The monoisotopic (exact) mass is 782 g/mol. The highest BCUT2D eigenvalue weighted by atomic mass is 16.5. The molecule has 7 rings (SSSR count). The molecule has 1 aromatic heterocycles. The Bertz CT molecular complexity index is 2190. The number of ether oxygens (including phenoxy) is 1. The number of carbonyl (C=O) groups is 5. The van der Waals surface area contributed by atoms with Gasteiger partial charge in [0.05, 0.1) is 6.54 Å². The van der Waals surface area contributed by atoms with Crippen LogP contribution in [0.25, 0.3) is 10.9 Å². The van der Waals surface area contributed by atoms with E-state index in [1.54, 1.807) is 21.9 Å². The first kappa shape index (κ1) is 39.8. The van der Waals surface area contributed by atoms with Gasteiger partial charge in [-0.2, -0.15) is 0 Å². The van der Waals surface area contributed by atoms with Gasteiger partial charge in [-0.1, -0.05) is 97.1 Å². The topological polar surface area (TPSA) is 153 Å². The third-order valence-electron chi connectivity index (χ3n) is 11.1. The molecule has 5 aromatic rings. The standard InChI is InChI=1S/C46H50N6O6/c53-42(34-23-26-51(27-24-34)44(55)35-18-8-3-9-19-35)50-39-28-37-36-20-10-11-21-38(36)49-40(37)30-52(45(39)56)41(43(54)48-29-32-14-4-1-5-15-32)22-12-13-25-47-46(57)58-31-33-16-6-2-7-17-33/h1-11,14-21,34,39,41,49H,12-13,22-31H2,(H,47,57)(H,48,54)(H,50,53)/t39-,41+/m1/s1. The molecule has 0 aliphatic carbocycles. The minimum atomic E-state index is -0.914. The van der Waals surface area contributed by atoms with Gasteiger partial charge in [-0.05, 0) is 67.0 Å². The second-order valence-electron chi connectivity index (χ2n) is 15.0. The van der Waals surface area contributed by atoms with Crippen molar-refractivity contribution in [1.29, 1.82) is 0 Å². The summed E-state index contributed by atoms with van der Waals surface area (Å²) >= 11 is 0. The minimum absolute atomic E-state index is 0.0590. The zero-order valence-corrected chi connectivity index (χ0v) is 32.5. The number of benzene rings is 4. The molecule has 58 heavy (non-hydrogen) atoms. The van der Waals surface area contributed by atoms with Crippen molar-refractivity contribution in [3.8, 4) is 0 Å². The van der Waals surface area contributed by atoms with Gasteiger partial charge in [0.25, 0.3) is 5.91 Å². The average Bonchev–Trinajstić information content (AvgIpc) is 3.55. The van der Waals surface area contributed by atoms with Crippen LogP contribution in [0, 0.1) is 5.92 Å². The van der Waals surface area contributed by atoms with Gasteiger partial charge in [0.15, 0.2) is 0 Å². The molecule has 0 radical (unpaired) electrons. The lowest BCUT2D eigenvalue weighted by Crippen LogP contribution is -2.56. The summed E-state index contributed by atoms with van der Waals surface area (Å²) in [5.41, 5.74) is 5.10. The predicted molar refractivity (Wildman–Crippen MR) is 220 cm³/mol. The number of H-pyrrole nitrogens is 1. The van der Waals surface area contributed by atoms with E-state index in [-0.39, 0.29) is 55.7 Å². The van der Waals surface area contributed by atoms with Crippen LogP contribution in [-0.4, -0.2) is 76.2 Å². The number of nitrogens with zero attached hydrogens (tertiary/aromatic N) is 2. The highest BCUT2D eigenvalue weighted by molar-refractivity contribution is 5.96. The lowest BCUT2D eigenvalue weighted by molar-refractivity contribution is -0.144. The Hall–Kier alpha value is -6.43. The highest BCUT2D eigenvalue weighted by Gasteiger charge is 2.39. The highest BCUT2D eigenvalue weighted by Crippen LogP contribution is 2.30. The Morgan fingerprint density at radius 2 is 1.43 bits per heavy atom. The first-order chi connectivity index (χ1) is 28.3. The fourth-order valence-corrected chi connectivity index (χ4v) is 7.90. The summed E-state index contributed by atoms with van der Waals surface area (Å²) in [4.78, 5) is 75.3. The normalized spacial score (nSPS) is 16.2. The summed E-state index contributed by atoms with van der Waals surface area (Å²) in [6.07, 6.45) is 2.10. The Morgan fingerprint density at radius 1 is 0.776 bits per heavy atom. The lowest BCUT2D eigenvalue weighted by Gasteiger charge is -2.34. The molecule has 2 atom stereocenters. The van der Waals surface area contributed by atoms with E-state index < -0.39 is 18.2 Å². The number of alkyl carbamates (subject to hydrolysis) is 1. The summed E-state index contributed by atoms with van der Waals surface area (Å²) in [6.45, 7) is 1.81. The minimum Gasteiger partial charge on any atom is -0.445 e. The molecule has 1 fully saturated rings. The maximum absolute atomic E-state index is 14.7. The first-order valence-corrected chi connectivity index (χ1v) is 20.1. The van der Waals surface area contributed by atoms with E-state index in [9.17, 15) is 24.0 Å². The van der Waals surface area contributed by atoms with Gasteiger partial charge in [-0.15, -0.1) is 0 Å². The number of amides is 5. The first-order valence-electron chi connectivity index (χ1n) is 20.1. The van der Waals surface area contributed by atoms with Gasteiger partial charge in [0.2, 0.25) is 17.7 Å². The van der Waals surface area contributed by atoms with Crippen molar-refractivity contribution >= 4 is 40.6 Å². The number of piperidine rings is 1. The lowest BCUT2D eigenvalue weighted by atomic mass is 9.94. The van der Waals surface area contributed by atoms with Crippen LogP contribution in [-0.2, 0) is 45.2 Å². The number of hydrogen-bond donors (Lipinski definition) is 4. The molecule has 1 saturated heterocycles. The maximum atomic E-state index is 14.7. The zero-order valence-electron chi connectivity index (χ0n) is 32.5. The third-order valence-corrected chi connectivity index (χ3v) is 11.1.